The van der Waals surface area contributed by atoms with Crippen molar-refractivity contribution < 1.29 is 19.5 Å². The monoisotopic (exact) mass is 391 g/mol. The molecule has 7 nitrogen and oxygen atoms in total. The van der Waals surface area contributed by atoms with Gasteiger partial charge in [0, 0.05) is 28.1 Å². The summed E-state index contributed by atoms with van der Waals surface area (Å²) in [6, 6.07) is 6.35. The van der Waals surface area contributed by atoms with E-state index in [9.17, 15) is 14.4 Å². The number of amides is 2. The molecule has 0 radical (unpaired) electrons. The minimum absolute atomic E-state index is 0.254. The van der Waals surface area contributed by atoms with Crippen LogP contribution in [-0.2, 0) is 4.79 Å². The highest BCUT2D eigenvalue weighted by Crippen LogP contribution is 2.19. The molecule has 8 heteroatoms. The van der Waals surface area contributed by atoms with Gasteiger partial charge >= 0.3 is 5.97 Å². The van der Waals surface area contributed by atoms with Crippen molar-refractivity contribution in [2.75, 3.05) is 11.9 Å². The van der Waals surface area contributed by atoms with Crippen LogP contribution in [0.4, 0.5) is 5.69 Å². The van der Waals surface area contributed by atoms with Crippen LogP contribution >= 0.6 is 15.9 Å². The van der Waals surface area contributed by atoms with Gasteiger partial charge < -0.3 is 15.7 Å². The van der Waals surface area contributed by atoms with Crippen LogP contribution in [-0.4, -0.2) is 34.4 Å². The molecule has 0 aliphatic rings. The second kappa shape index (κ2) is 7.69. The zero-order valence-electron chi connectivity index (χ0n) is 12.7. The summed E-state index contributed by atoms with van der Waals surface area (Å²) in [7, 11) is 0. The lowest BCUT2D eigenvalue weighted by Crippen LogP contribution is -2.29. The second-order valence-corrected chi connectivity index (χ2v) is 5.87. The Morgan fingerprint density at radius 2 is 1.88 bits per heavy atom. The molecule has 124 valence electrons. The van der Waals surface area contributed by atoms with Crippen LogP contribution in [0.3, 0.4) is 0 Å². The smallest absolute Gasteiger partial charge is 0.322 e. The molecule has 2 rings (SSSR count). The number of carbonyl (C=O) groups is 3. The van der Waals surface area contributed by atoms with E-state index in [-0.39, 0.29) is 11.5 Å². The molecular weight excluding hydrogens is 378 g/mol. The topological polar surface area (TPSA) is 108 Å². The first-order valence-corrected chi connectivity index (χ1v) is 7.68. The number of rotatable bonds is 5. The minimum Gasteiger partial charge on any atom is -0.480 e. The Kier molecular flexibility index (Phi) is 5.64. The summed E-state index contributed by atoms with van der Waals surface area (Å²) in [6.45, 7) is 1.31. The number of nitrogens with zero attached hydrogens (tertiary/aromatic N) is 1. The molecule has 1 aromatic carbocycles. The van der Waals surface area contributed by atoms with Crippen LogP contribution in [0, 0.1) is 6.92 Å². The van der Waals surface area contributed by atoms with E-state index in [2.05, 4.69) is 31.5 Å². The zero-order chi connectivity index (χ0) is 17.7. The Balaban J connectivity index is 2.18. The zero-order valence-corrected chi connectivity index (χ0v) is 14.3. The average Bonchev–Trinajstić information content (AvgIpc) is 2.54. The number of halogens is 1. The lowest BCUT2D eigenvalue weighted by Gasteiger charge is -2.11. The summed E-state index contributed by atoms with van der Waals surface area (Å²) < 4.78 is 0.675. The molecule has 0 saturated heterocycles. The fourth-order valence-corrected chi connectivity index (χ4v) is 2.25. The van der Waals surface area contributed by atoms with E-state index >= 15 is 0 Å². The second-order valence-electron chi connectivity index (χ2n) is 4.95. The number of nitrogens with one attached hydrogen (secondary N) is 2. The molecule has 24 heavy (non-hydrogen) atoms. The molecule has 0 saturated carbocycles. The van der Waals surface area contributed by atoms with Crippen LogP contribution in [0.1, 0.15) is 26.3 Å². The van der Waals surface area contributed by atoms with E-state index in [1.807, 2.05) is 0 Å². The highest BCUT2D eigenvalue weighted by Gasteiger charge is 2.12. The van der Waals surface area contributed by atoms with Gasteiger partial charge in [0.1, 0.15) is 6.54 Å². The third kappa shape index (κ3) is 4.63. The van der Waals surface area contributed by atoms with Gasteiger partial charge in [-0.2, -0.15) is 0 Å². The molecule has 0 bridgehead atoms. The van der Waals surface area contributed by atoms with Gasteiger partial charge in [0.2, 0.25) is 0 Å². The minimum atomic E-state index is -1.13. The van der Waals surface area contributed by atoms with E-state index in [1.54, 1.807) is 31.3 Å². The quantitative estimate of drug-likeness (QED) is 0.723. The normalized spacial score (nSPS) is 10.1. The number of hydrogen-bond donors (Lipinski definition) is 3. The Bertz CT molecular complexity index is 808. The predicted octanol–water partition coefficient (Wildman–Crippen LogP) is 2.22. The number of aromatic nitrogens is 1. The van der Waals surface area contributed by atoms with E-state index in [0.717, 1.165) is 5.56 Å². The van der Waals surface area contributed by atoms with E-state index in [0.29, 0.717) is 15.7 Å². The van der Waals surface area contributed by atoms with Crippen molar-refractivity contribution in [1.29, 1.82) is 0 Å². The highest BCUT2D eigenvalue weighted by molar-refractivity contribution is 9.10. The summed E-state index contributed by atoms with van der Waals surface area (Å²) in [5.41, 5.74) is 1.85. The first kappa shape index (κ1) is 17.6. The highest BCUT2D eigenvalue weighted by atomic mass is 79.9. The number of carbonyl (C=O) groups excluding carboxylic acids is 2. The number of carboxylic acid groups (broad SMARTS) is 1. The van der Waals surface area contributed by atoms with Crippen molar-refractivity contribution in [2.24, 2.45) is 0 Å². The fraction of sp³-hybridized carbons (Fsp3) is 0.125. The molecule has 0 spiro atoms. The maximum Gasteiger partial charge on any atom is 0.322 e. The van der Waals surface area contributed by atoms with E-state index < -0.39 is 18.4 Å². The third-order valence-corrected chi connectivity index (χ3v) is 3.55. The van der Waals surface area contributed by atoms with Gasteiger partial charge in [-0.3, -0.25) is 19.4 Å². The van der Waals surface area contributed by atoms with Gasteiger partial charge in [-0.05, 0) is 46.6 Å². The van der Waals surface area contributed by atoms with Crippen molar-refractivity contribution in [1.82, 2.24) is 10.3 Å². The molecule has 0 fully saturated rings. The van der Waals surface area contributed by atoms with Crippen LogP contribution < -0.4 is 10.6 Å². The maximum atomic E-state index is 12.3. The number of pyridine rings is 1. The van der Waals surface area contributed by atoms with Crippen molar-refractivity contribution in [2.45, 2.75) is 6.92 Å². The molecule has 0 aliphatic heterocycles. The first-order valence-electron chi connectivity index (χ1n) is 6.89. The Morgan fingerprint density at radius 1 is 1.12 bits per heavy atom. The molecule has 3 N–H and O–H groups in total. The summed E-state index contributed by atoms with van der Waals surface area (Å²) in [5.74, 6) is -2.03. The van der Waals surface area contributed by atoms with E-state index in [4.69, 9.17) is 5.11 Å². The van der Waals surface area contributed by atoms with Gasteiger partial charge in [0.05, 0.1) is 5.56 Å². The van der Waals surface area contributed by atoms with Crippen molar-refractivity contribution in [3.05, 3.63) is 57.8 Å². The maximum absolute atomic E-state index is 12.3. The largest absolute Gasteiger partial charge is 0.480 e. The molecule has 2 aromatic rings. The summed E-state index contributed by atoms with van der Waals surface area (Å²) in [6.07, 6.45) is 2.99. The number of anilines is 1. The van der Waals surface area contributed by atoms with Gasteiger partial charge in [-0.15, -0.1) is 0 Å². The summed E-state index contributed by atoms with van der Waals surface area (Å²) in [4.78, 5) is 38.6. The Morgan fingerprint density at radius 3 is 2.54 bits per heavy atom. The Labute approximate surface area is 146 Å². The number of aliphatic carboxylic acids is 1. The molecule has 0 aliphatic carbocycles. The summed E-state index contributed by atoms with van der Waals surface area (Å²) in [5, 5.41) is 13.6. The molecule has 1 aromatic heterocycles. The lowest BCUT2D eigenvalue weighted by atomic mass is 10.1. The van der Waals surface area contributed by atoms with E-state index in [1.165, 1.54) is 12.3 Å². The molecular formula is C16H14BrN3O4. The number of carboxylic acids is 1. The molecule has 0 atom stereocenters. The van der Waals surface area contributed by atoms with Crippen LogP contribution in [0.5, 0.6) is 0 Å². The first-order chi connectivity index (χ1) is 11.4. The number of hydrogen-bond acceptors (Lipinski definition) is 4. The van der Waals surface area contributed by atoms with Crippen LogP contribution in [0.2, 0.25) is 0 Å². The van der Waals surface area contributed by atoms with Crippen LogP contribution in [0.25, 0.3) is 0 Å². The van der Waals surface area contributed by atoms with Gasteiger partial charge in [0.25, 0.3) is 11.8 Å². The van der Waals surface area contributed by atoms with Gasteiger partial charge in [-0.1, -0.05) is 6.07 Å². The summed E-state index contributed by atoms with van der Waals surface area (Å²) >= 11 is 3.25. The average molecular weight is 392 g/mol. The van der Waals surface area contributed by atoms with Crippen LogP contribution in [0.15, 0.2) is 41.1 Å². The predicted molar refractivity (Wildman–Crippen MR) is 91.0 cm³/mol. The van der Waals surface area contributed by atoms with Gasteiger partial charge in [-0.25, -0.2) is 0 Å². The Hall–Kier alpha value is -2.74. The van der Waals surface area contributed by atoms with Crippen molar-refractivity contribution >= 4 is 39.4 Å². The SMILES string of the molecule is Cc1ccc(C(=O)NCC(=O)O)cc1NC(=O)c1cncc(Br)c1. The lowest BCUT2D eigenvalue weighted by molar-refractivity contribution is -0.135. The van der Waals surface area contributed by atoms with Crippen molar-refractivity contribution in [3.63, 3.8) is 0 Å². The number of aryl methyl sites for hydroxylation is 1. The standard InChI is InChI=1S/C16H14BrN3O4/c1-9-2-3-10(15(23)19-8-14(21)22)5-13(9)20-16(24)11-4-12(17)7-18-6-11/h2-7H,8H2,1H3,(H,19,23)(H,20,24)(H,21,22). The fourth-order valence-electron chi connectivity index (χ4n) is 1.89. The molecule has 2 amide bonds. The molecule has 0 unspecified atom stereocenters. The third-order valence-electron chi connectivity index (χ3n) is 3.12. The van der Waals surface area contributed by atoms with Crippen molar-refractivity contribution in [3.8, 4) is 0 Å². The van der Waals surface area contributed by atoms with Gasteiger partial charge in [0.15, 0.2) is 0 Å². The number of benzene rings is 1. The molecule has 1 heterocycles.